The highest BCUT2D eigenvalue weighted by Gasteiger charge is 2.31. The average molecular weight is 306 g/mol. The van der Waals surface area contributed by atoms with Crippen LogP contribution in [0.1, 0.15) is 17.3 Å². The topological polar surface area (TPSA) is 45.5 Å². The van der Waals surface area contributed by atoms with Crippen LogP contribution in [0, 0.1) is 0 Å². The molecule has 1 aromatic carbocycles. The molecule has 0 saturated carbocycles. The van der Waals surface area contributed by atoms with Crippen LogP contribution in [-0.2, 0) is 13.1 Å². The highest BCUT2D eigenvalue weighted by Crippen LogP contribution is 2.30. The standard InChI is InChI=1S/C16H16F2N2O2/c17-16(18)15(11-4-2-1-3-5-11)20-7-6-19-10-14(22)13(21)8-12(19)9-20/h1-5,8,10,15-16,22H,6-7,9H2/t15-/m1/s1. The molecular formula is C16H16F2N2O2. The van der Waals surface area contributed by atoms with Crippen molar-refractivity contribution in [2.75, 3.05) is 6.54 Å². The number of nitrogens with zero attached hydrogens (tertiary/aromatic N) is 2. The summed E-state index contributed by atoms with van der Waals surface area (Å²) < 4.78 is 28.8. The summed E-state index contributed by atoms with van der Waals surface area (Å²) in [4.78, 5) is 13.2. The Morgan fingerprint density at radius 1 is 1.14 bits per heavy atom. The number of hydrogen-bond donors (Lipinski definition) is 1. The average Bonchev–Trinajstić information content (AvgIpc) is 2.49. The number of fused-ring (bicyclic) bond motifs is 1. The van der Waals surface area contributed by atoms with E-state index in [9.17, 15) is 18.7 Å². The zero-order valence-corrected chi connectivity index (χ0v) is 11.8. The Kier molecular flexibility index (Phi) is 3.94. The third-order valence-corrected chi connectivity index (χ3v) is 3.96. The van der Waals surface area contributed by atoms with Crippen LogP contribution >= 0.6 is 0 Å². The molecule has 0 fully saturated rings. The molecule has 1 atom stereocenters. The van der Waals surface area contributed by atoms with E-state index in [-0.39, 0.29) is 12.3 Å². The van der Waals surface area contributed by atoms with Crippen molar-refractivity contribution in [3.05, 3.63) is 64.1 Å². The van der Waals surface area contributed by atoms with Crippen LogP contribution in [0.15, 0.2) is 47.4 Å². The van der Waals surface area contributed by atoms with Crippen LogP contribution in [0.3, 0.4) is 0 Å². The third-order valence-electron chi connectivity index (χ3n) is 3.96. The van der Waals surface area contributed by atoms with E-state index in [2.05, 4.69) is 0 Å². The molecule has 0 spiro atoms. The Balaban J connectivity index is 1.92. The molecule has 3 rings (SSSR count). The van der Waals surface area contributed by atoms with Gasteiger partial charge in [0.25, 0.3) is 6.43 Å². The summed E-state index contributed by atoms with van der Waals surface area (Å²) in [5.74, 6) is -0.314. The Hall–Kier alpha value is -2.21. The molecule has 6 heteroatoms. The molecule has 1 aliphatic heterocycles. The van der Waals surface area contributed by atoms with Crippen molar-refractivity contribution < 1.29 is 13.9 Å². The number of hydrogen-bond acceptors (Lipinski definition) is 3. The molecule has 116 valence electrons. The van der Waals surface area contributed by atoms with Gasteiger partial charge in [-0.05, 0) is 5.56 Å². The lowest BCUT2D eigenvalue weighted by Crippen LogP contribution is -2.40. The predicted octanol–water partition coefficient (Wildman–Crippen LogP) is 2.38. The fourth-order valence-electron chi connectivity index (χ4n) is 2.87. The number of benzene rings is 1. The minimum atomic E-state index is -2.52. The zero-order chi connectivity index (χ0) is 15.7. The molecule has 0 amide bonds. The summed E-state index contributed by atoms with van der Waals surface area (Å²) in [5, 5.41) is 9.45. The van der Waals surface area contributed by atoms with Crippen molar-refractivity contribution in [1.82, 2.24) is 9.47 Å². The smallest absolute Gasteiger partial charge is 0.258 e. The number of aromatic hydroxyl groups is 1. The van der Waals surface area contributed by atoms with Gasteiger partial charge in [0.2, 0.25) is 5.43 Å². The second-order valence-corrected chi connectivity index (χ2v) is 5.37. The van der Waals surface area contributed by atoms with E-state index in [0.29, 0.717) is 24.3 Å². The quantitative estimate of drug-likeness (QED) is 0.947. The lowest BCUT2D eigenvalue weighted by atomic mass is 10.0. The molecule has 0 bridgehead atoms. The SMILES string of the molecule is O=c1cc2n(cc1O)CCN([C@H](c1ccccc1)C(F)F)C2. The van der Waals surface area contributed by atoms with Gasteiger partial charge in [0.15, 0.2) is 5.75 Å². The summed E-state index contributed by atoms with van der Waals surface area (Å²) >= 11 is 0. The Labute approximate surface area is 126 Å². The molecule has 1 aromatic heterocycles. The van der Waals surface area contributed by atoms with E-state index in [1.54, 1.807) is 39.8 Å². The van der Waals surface area contributed by atoms with Crippen molar-refractivity contribution in [3.63, 3.8) is 0 Å². The summed E-state index contributed by atoms with van der Waals surface area (Å²) in [6, 6.07) is 8.97. The van der Waals surface area contributed by atoms with Gasteiger partial charge in [-0.3, -0.25) is 9.69 Å². The number of aromatic nitrogens is 1. The zero-order valence-electron chi connectivity index (χ0n) is 11.8. The summed E-state index contributed by atoms with van der Waals surface area (Å²) in [6.07, 6.45) is -1.15. The summed E-state index contributed by atoms with van der Waals surface area (Å²) in [5.41, 5.74) is 0.712. The largest absolute Gasteiger partial charge is 0.503 e. The lowest BCUT2D eigenvalue weighted by molar-refractivity contribution is 0.0103. The van der Waals surface area contributed by atoms with E-state index >= 15 is 0 Å². The van der Waals surface area contributed by atoms with Gasteiger partial charge in [-0.2, -0.15) is 0 Å². The van der Waals surface area contributed by atoms with E-state index in [1.165, 1.54) is 12.3 Å². The highest BCUT2D eigenvalue weighted by atomic mass is 19.3. The van der Waals surface area contributed by atoms with Gasteiger partial charge < -0.3 is 9.67 Å². The van der Waals surface area contributed by atoms with Crippen molar-refractivity contribution in [1.29, 1.82) is 0 Å². The minimum absolute atomic E-state index is 0.249. The minimum Gasteiger partial charge on any atom is -0.503 e. The van der Waals surface area contributed by atoms with E-state index in [0.717, 1.165) is 0 Å². The molecule has 0 unspecified atom stereocenters. The van der Waals surface area contributed by atoms with E-state index in [4.69, 9.17) is 0 Å². The van der Waals surface area contributed by atoms with Gasteiger partial charge >= 0.3 is 0 Å². The molecule has 22 heavy (non-hydrogen) atoms. The summed E-state index contributed by atoms with van der Waals surface area (Å²) in [6.45, 7) is 1.14. The van der Waals surface area contributed by atoms with Gasteiger partial charge in [-0.25, -0.2) is 8.78 Å². The van der Waals surface area contributed by atoms with Crippen LogP contribution in [0.2, 0.25) is 0 Å². The molecule has 4 nitrogen and oxygen atoms in total. The maximum atomic E-state index is 13.5. The number of alkyl halides is 2. The predicted molar refractivity (Wildman–Crippen MR) is 78.0 cm³/mol. The lowest BCUT2D eigenvalue weighted by Gasteiger charge is -2.36. The van der Waals surface area contributed by atoms with Crippen molar-refractivity contribution in [2.45, 2.75) is 25.6 Å². The maximum absolute atomic E-state index is 13.5. The van der Waals surface area contributed by atoms with Crippen LogP contribution in [0.25, 0.3) is 0 Å². The fourth-order valence-corrected chi connectivity index (χ4v) is 2.87. The Bertz CT molecular complexity index is 716. The van der Waals surface area contributed by atoms with Gasteiger partial charge in [0.05, 0.1) is 12.2 Å². The van der Waals surface area contributed by atoms with Crippen molar-refractivity contribution in [2.24, 2.45) is 0 Å². The second kappa shape index (κ2) is 5.88. The van der Waals surface area contributed by atoms with Crippen LogP contribution < -0.4 is 5.43 Å². The molecule has 2 aromatic rings. The van der Waals surface area contributed by atoms with Crippen LogP contribution in [-0.4, -0.2) is 27.5 Å². The molecule has 0 aliphatic carbocycles. The van der Waals surface area contributed by atoms with E-state index in [1.807, 2.05) is 0 Å². The molecule has 2 heterocycles. The van der Waals surface area contributed by atoms with Crippen molar-refractivity contribution in [3.8, 4) is 5.75 Å². The van der Waals surface area contributed by atoms with E-state index < -0.39 is 17.9 Å². The van der Waals surface area contributed by atoms with Gasteiger partial charge in [-0.1, -0.05) is 30.3 Å². The highest BCUT2D eigenvalue weighted by molar-refractivity contribution is 5.23. The first kappa shape index (κ1) is 14.7. The normalized spacial score (nSPS) is 16.5. The van der Waals surface area contributed by atoms with Crippen LogP contribution in [0.4, 0.5) is 8.78 Å². The number of rotatable bonds is 3. The maximum Gasteiger partial charge on any atom is 0.258 e. The van der Waals surface area contributed by atoms with Gasteiger partial charge in [0.1, 0.15) is 0 Å². The molecule has 1 aliphatic rings. The Morgan fingerprint density at radius 3 is 2.55 bits per heavy atom. The van der Waals surface area contributed by atoms with Crippen molar-refractivity contribution >= 4 is 0 Å². The monoisotopic (exact) mass is 306 g/mol. The van der Waals surface area contributed by atoms with Gasteiger partial charge in [-0.15, -0.1) is 0 Å². The second-order valence-electron chi connectivity index (χ2n) is 5.37. The first-order chi connectivity index (χ1) is 10.6. The number of pyridine rings is 1. The molecular weight excluding hydrogens is 290 g/mol. The first-order valence-electron chi connectivity index (χ1n) is 7.06. The molecule has 0 saturated heterocycles. The number of halogens is 2. The third kappa shape index (κ3) is 2.74. The van der Waals surface area contributed by atoms with Crippen LogP contribution in [0.5, 0.6) is 5.75 Å². The fraction of sp³-hybridized carbons (Fsp3) is 0.312. The molecule has 0 radical (unpaired) electrons. The Morgan fingerprint density at radius 2 is 1.86 bits per heavy atom. The first-order valence-corrected chi connectivity index (χ1v) is 7.06. The molecule has 1 N–H and O–H groups in total. The summed E-state index contributed by atoms with van der Waals surface area (Å²) in [7, 11) is 0. The van der Waals surface area contributed by atoms with Gasteiger partial charge in [0, 0.05) is 31.4 Å².